The lowest BCUT2D eigenvalue weighted by molar-refractivity contribution is -0.136. The number of aromatic nitrogens is 2. The number of fused-ring (bicyclic) bond motifs is 1. The highest BCUT2D eigenvalue weighted by Crippen LogP contribution is 2.30. The van der Waals surface area contributed by atoms with E-state index in [1.54, 1.807) is 11.0 Å². The summed E-state index contributed by atoms with van der Waals surface area (Å²) in [4.78, 5) is 51.4. The molecule has 0 radical (unpaired) electrons. The summed E-state index contributed by atoms with van der Waals surface area (Å²) in [6.45, 7) is 2.68. The second kappa shape index (κ2) is 10.2. The maximum absolute atomic E-state index is 12.9. The number of likely N-dealkylation sites (tertiary alicyclic amines) is 1. The van der Waals surface area contributed by atoms with E-state index in [1.165, 1.54) is 6.42 Å². The number of carbonyl (C=O) groups excluding carboxylic acids is 3. The Morgan fingerprint density at radius 1 is 1.11 bits per heavy atom. The number of anilines is 1. The van der Waals surface area contributed by atoms with Crippen LogP contribution >= 0.6 is 0 Å². The highest BCUT2D eigenvalue weighted by molar-refractivity contribution is 6.05. The molecule has 1 N–H and O–H groups in total. The summed E-state index contributed by atoms with van der Waals surface area (Å²) >= 11 is 0. The second-order valence-corrected chi connectivity index (χ2v) is 9.94. The van der Waals surface area contributed by atoms with Gasteiger partial charge in [0.15, 0.2) is 0 Å². The van der Waals surface area contributed by atoms with Crippen molar-refractivity contribution in [1.82, 2.24) is 25.1 Å². The van der Waals surface area contributed by atoms with Crippen molar-refractivity contribution in [3.63, 3.8) is 0 Å². The number of piperidine rings is 2. The summed E-state index contributed by atoms with van der Waals surface area (Å²) in [5.74, 6) is 0.556. The van der Waals surface area contributed by atoms with Gasteiger partial charge in [-0.1, -0.05) is 6.42 Å². The van der Waals surface area contributed by atoms with Gasteiger partial charge >= 0.3 is 0 Å². The molecular formula is C26H32N6O4. The van der Waals surface area contributed by atoms with Crippen LogP contribution < -0.4 is 15.0 Å². The summed E-state index contributed by atoms with van der Waals surface area (Å²) in [5.41, 5.74) is 2.52. The van der Waals surface area contributed by atoms with Gasteiger partial charge in [0.05, 0.1) is 0 Å². The lowest BCUT2D eigenvalue weighted by atomic mass is 10.0. The number of nitrogens with one attached hydrogen (secondary N) is 1. The molecule has 0 saturated carbocycles. The first kappa shape index (κ1) is 24.2. The monoisotopic (exact) mass is 492 g/mol. The van der Waals surface area contributed by atoms with Gasteiger partial charge in [0.1, 0.15) is 18.4 Å². The van der Waals surface area contributed by atoms with Gasteiger partial charge in [-0.3, -0.25) is 24.6 Å². The molecule has 5 rings (SSSR count). The Morgan fingerprint density at radius 2 is 1.92 bits per heavy atom. The zero-order valence-electron chi connectivity index (χ0n) is 20.8. The van der Waals surface area contributed by atoms with Gasteiger partial charge in [-0.05, 0) is 49.6 Å². The summed E-state index contributed by atoms with van der Waals surface area (Å²) in [7, 11) is 3.85. The zero-order chi connectivity index (χ0) is 25.2. The molecular weight excluding hydrogens is 460 g/mol. The molecule has 1 aromatic carbocycles. The molecule has 3 amide bonds. The van der Waals surface area contributed by atoms with E-state index < -0.39 is 11.9 Å². The van der Waals surface area contributed by atoms with E-state index in [4.69, 9.17) is 4.74 Å². The van der Waals surface area contributed by atoms with Crippen LogP contribution in [0.3, 0.4) is 0 Å². The van der Waals surface area contributed by atoms with Crippen molar-refractivity contribution in [2.75, 3.05) is 32.1 Å². The van der Waals surface area contributed by atoms with Crippen LogP contribution in [0.4, 0.5) is 5.95 Å². The minimum Gasteiger partial charge on any atom is -0.492 e. The zero-order valence-corrected chi connectivity index (χ0v) is 20.8. The number of amides is 3. The Bertz CT molecular complexity index is 1150. The van der Waals surface area contributed by atoms with Crippen molar-refractivity contribution in [3.05, 3.63) is 47.3 Å². The predicted octanol–water partition coefficient (Wildman–Crippen LogP) is 1.74. The summed E-state index contributed by atoms with van der Waals surface area (Å²) in [5, 5.41) is 2.34. The van der Waals surface area contributed by atoms with E-state index in [0.717, 1.165) is 42.8 Å². The molecule has 0 aliphatic carbocycles. The minimum atomic E-state index is -0.612. The molecule has 10 heteroatoms. The van der Waals surface area contributed by atoms with Gasteiger partial charge in [-0.25, -0.2) is 9.97 Å². The lowest BCUT2D eigenvalue weighted by Gasteiger charge is -2.35. The van der Waals surface area contributed by atoms with Crippen molar-refractivity contribution in [3.8, 4) is 5.75 Å². The first-order chi connectivity index (χ1) is 17.4. The Balaban J connectivity index is 1.21. The molecule has 3 aliphatic rings. The van der Waals surface area contributed by atoms with Crippen LogP contribution in [-0.2, 0) is 22.7 Å². The lowest BCUT2D eigenvalue weighted by Crippen LogP contribution is -2.52. The highest BCUT2D eigenvalue weighted by atomic mass is 16.5. The Labute approximate surface area is 210 Å². The average Bonchev–Trinajstić information content (AvgIpc) is 3.19. The molecule has 2 aromatic rings. The van der Waals surface area contributed by atoms with Crippen LogP contribution in [0, 0.1) is 0 Å². The largest absolute Gasteiger partial charge is 0.492 e. The van der Waals surface area contributed by atoms with Crippen molar-refractivity contribution >= 4 is 23.7 Å². The molecule has 2 atom stereocenters. The smallest absolute Gasteiger partial charge is 0.255 e. The number of ether oxygens (including phenoxy) is 1. The highest BCUT2D eigenvalue weighted by Gasteiger charge is 2.39. The molecule has 190 valence electrons. The number of nitrogens with zero attached hydrogens (tertiary/aromatic N) is 5. The number of rotatable bonds is 7. The van der Waals surface area contributed by atoms with Crippen molar-refractivity contribution in [2.24, 2.45) is 0 Å². The Morgan fingerprint density at radius 3 is 2.67 bits per heavy atom. The van der Waals surface area contributed by atoms with E-state index in [-0.39, 0.29) is 24.3 Å². The fourth-order valence-electron chi connectivity index (χ4n) is 5.18. The third-order valence-corrected chi connectivity index (χ3v) is 7.16. The molecule has 4 heterocycles. The molecule has 0 spiro atoms. The van der Waals surface area contributed by atoms with Gasteiger partial charge < -0.3 is 14.5 Å². The van der Waals surface area contributed by atoms with Crippen molar-refractivity contribution < 1.29 is 19.1 Å². The maximum Gasteiger partial charge on any atom is 0.255 e. The third kappa shape index (κ3) is 5.04. The fourth-order valence-corrected chi connectivity index (χ4v) is 5.18. The van der Waals surface area contributed by atoms with Gasteiger partial charge in [0.2, 0.25) is 17.8 Å². The SMILES string of the molecule is CN(C)c1ncc(CN2CCCC[C@H]2COc2ccc3c(c2)CN(C2CCC(=O)NC2=O)C3=O)cn1. The molecule has 36 heavy (non-hydrogen) atoms. The molecule has 1 aromatic heterocycles. The van der Waals surface area contributed by atoms with E-state index in [0.29, 0.717) is 31.1 Å². The molecule has 2 fully saturated rings. The number of imide groups is 1. The Kier molecular flexibility index (Phi) is 6.86. The standard InChI is InChI=1S/C26H32N6O4/c1-30(2)26-27-12-17(13-28-26)14-31-10-4-3-5-19(31)16-36-20-6-7-21-18(11-20)15-32(25(21)35)22-8-9-23(33)29-24(22)34/h6-7,11-13,19,22H,3-5,8-10,14-16H2,1-2H3,(H,29,33,34)/t19-,22?/m0/s1. The van der Waals surface area contributed by atoms with Gasteiger partial charge in [-0.15, -0.1) is 0 Å². The van der Waals surface area contributed by atoms with Crippen LogP contribution in [-0.4, -0.2) is 76.8 Å². The Hall–Kier alpha value is -3.53. The summed E-state index contributed by atoms with van der Waals surface area (Å²) < 4.78 is 6.21. The number of hydrogen-bond acceptors (Lipinski definition) is 8. The van der Waals surface area contributed by atoms with Crippen LogP contribution in [0.5, 0.6) is 5.75 Å². The van der Waals surface area contributed by atoms with Crippen molar-refractivity contribution in [1.29, 1.82) is 0 Å². The molecule has 3 aliphatic heterocycles. The normalized spacial score (nSPS) is 22.4. The van der Waals surface area contributed by atoms with Crippen LogP contribution in [0.1, 0.15) is 53.6 Å². The van der Waals surface area contributed by atoms with Gasteiger partial charge in [0, 0.05) is 63.2 Å². The van der Waals surface area contributed by atoms with Crippen molar-refractivity contribution in [2.45, 2.75) is 57.3 Å². The third-order valence-electron chi connectivity index (χ3n) is 7.16. The molecule has 0 bridgehead atoms. The van der Waals surface area contributed by atoms with Gasteiger partial charge in [0.25, 0.3) is 5.91 Å². The predicted molar refractivity (Wildman–Crippen MR) is 132 cm³/mol. The van der Waals surface area contributed by atoms with Gasteiger partial charge in [-0.2, -0.15) is 0 Å². The van der Waals surface area contributed by atoms with E-state index in [9.17, 15) is 14.4 Å². The van der Waals surface area contributed by atoms with Crippen LogP contribution in [0.25, 0.3) is 0 Å². The average molecular weight is 493 g/mol. The minimum absolute atomic E-state index is 0.174. The quantitative estimate of drug-likeness (QED) is 0.583. The van der Waals surface area contributed by atoms with Crippen LogP contribution in [0.2, 0.25) is 0 Å². The first-order valence-electron chi connectivity index (χ1n) is 12.5. The number of hydrogen-bond donors (Lipinski definition) is 1. The fraction of sp³-hybridized carbons (Fsp3) is 0.500. The van der Waals surface area contributed by atoms with E-state index in [1.807, 2.05) is 43.5 Å². The number of carbonyl (C=O) groups is 3. The maximum atomic E-state index is 12.9. The van der Waals surface area contributed by atoms with E-state index in [2.05, 4.69) is 20.2 Å². The van der Waals surface area contributed by atoms with E-state index >= 15 is 0 Å². The molecule has 2 saturated heterocycles. The summed E-state index contributed by atoms with van der Waals surface area (Å²) in [6, 6.07) is 5.17. The molecule has 1 unspecified atom stereocenters. The topological polar surface area (TPSA) is 108 Å². The molecule has 10 nitrogen and oxygen atoms in total. The first-order valence-corrected chi connectivity index (χ1v) is 12.5. The second-order valence-electron chi connectivity index (χ2n) is 9.94. The summed E-state index contributed by atoms with van der Waals surface area (Å²) in [6.07, 6.45) is 7.76. The number of benzene rings is 1. The van der Waals surface area contributed by atoms with Crippen LogP contribution in [0.15, 0.2) is 30.6 Å².